The number of anilines is 1. The SMILES string of the molecule is C[C@H]1COCCN1C[C@H]1CN(S(=O)(=O)c2cccs2)CCN1c1ccc(C(C)(O)C(F)(F)F)cc1. The second kappa shape index (κ2) is 9.98. The number of hydrogen-bond donors (Lipinski definition) is 1. The Morgan fingerprint density at radius 3 is 2.46 bits per heavy atom. The molecule has 2 aromatic rings. The third-order valence-corrected chi connectivity index (χ3v) is 10.0. The van der Waals surface area contributed by atoms with Crippen LogP contribution in [-0.4, -0.2) is 86.9 Å². The number of nitrogens with zero attached hydrogens (tertiary/aromatic N) is 3. The number of aliphatic hydroxyl groups is 1. The van der Waals surface area contributed by atoms with Gasteiger partial charge in [-0.3, -0.25) is 4.90 Å². The summed E-state index contributed by atoms with van der Waals surface area (Å²) >= 11 is 1.18. The first kappa shape index (κ1) is 26.4. The quantitative estimate of drug-likeness (QED) is 0.615. The first-order valence-corrected chi connectivity index (χ1v) is 13.7. The lowest BCUT2D eigenvalue weighted by atomic mass is 9.95. The number of thiophene rings is 1. The predicted octanol–water partition coefficient (Wildman–Crippen LogP) is 3.12. The van der Waals surface area contributed by atoms with Gasteiger partial charge in [0.05, 0.1) is 19.3 Å². The van der Waals surface area contributed by atoms with Crippen molar-refractivity contribution in [2.24, 2.45) is 0 Å². The lowest BCUT2D eigenvalue weighted by molar-refractivity contribution is -0.258. The Balaban J connectivity index is 1.60. The molecule has 1 aromatic carbocycles. The molecule has 7 nitrogen and oxygen atoms in total. The molecule has 35 heavy (non-hydrogen) atoms. The van der Waals surface area contributed by atoms with Crippen LogP contribution in [0, 0.1) is 0 Å². The maximum Gasteiger partial charge on any atom is 0.421 e. The average Bonchev–Trinajstić information content (AvgIpc) is 3.36. The molecule has 0 bridgehead atoms. The summed E-state index contributed by atoms with van der Waals surface area (Å²) in [4.78, 5) is 4.31. The second-order valence-corrected chi connectivity index (χ2v) is 12.3. The monoisotopic (exact) mass is 533 g/mol. The smallest absolute Gasteiger partial charge is 0.379 e. The summed E-state index contributed by atoms with van der Waals surface area (Å²) in [7, 11) is -3.63. The van der Waals surface area contributed by atoms with Crippen LogP contribution >= 0.6 is 11.3 Å². The van der Waals surface area contributed by atoms with Crippen molar-refractivity contribution in [1.82, 2.24) is 9.21 Å². The summed E-state index contributed by atoms with van der Waals surface area (Å²) in [5.74, 6) is 0. The molecule has 2 aliphatic heterocycles. The van der Waals surface area contributed by atoms with E-state index in [4.69, 9.17) is 4.74 Å². The Morgan fingerprint density at radius 1 is 1.14 bits per heavy atom. The van der Waals surface area contributed by atoms with Crippen molar-refractivity contribution in [2.45, 2.75) is 41.9 Å². The summed E-state index contributed by atoms with van der Waals surface area (Å²) in [5.41, 5.74) is -2.52. The Labute approximate surface area is 207 Å². The fourth-order valence-electron chi connectivity index (χ4n) is 4.52. The number of hydrogen-bond acceptors (Lipinski definition) is 7. The summed E-state index contributed by atoms with van der Waals surface area (Å²) < 4.78 is 73.5. The van der Waals surface area contributed by atoms with Gasteiger partial charge in [-0.1, -0.05) is 18.2 Å². The van der Waals surface area contributed by atoms with Crippen LogP contribution in [0.4, 0.5) is 18.9 Å². The zero-order valence-corrected chi connectivity index (χ0v) is 21.2. The molecule has 0 spiro atoms. The first-order valence-electron chi connectivity index (χ1n) is 11.4. The molecule has 3 atom stereocenters. The van der Waals surface area contributed by atoms with Gasteiger partial charge in [-0.05, 0) is 43.0 Å². The van der Waals surface area contributed by atoms with Gasteiger partial charge in [0.2, 0.25) is 0 Å². The topological polar surface area (TPSA) is 73.3 Å². The van der Waals surface area contributed by atoms with Crippen LogP contribution in [0.1, 0.15) is 19.4 Å². The minimum atomic E-state index is -4.80. The summed E-state index contributed by atoms with van der Waals surface area (Å²) in [6.07, 6.45) is -4.80. The van der Waals surface area contributed by atoms with E-state index >= 15 is 0 Å². The highest BCUT2D eigenvalue weighted by molar-refractivity contribution is 7.91. The number of ether oxygens (including phenoxy) is 1. The Hall–Kier alpha value is -1.70. The van der Waals surface area contributed by atoms with E-state index in [0.717, 1.165) is 13.5 Å². The molecule has 0 amide bonds. The van der Waals surface area contributed by atoms with Gasteiger partial charge >= 0.3 is 6.18 Å². The number of rotatable bonds is 6. The van der Waals surface area contributed by atoms with Crippen LogP contribution in [-0.2, 0) is 20.4 Å². The molecule has 0 saturated carbocycles. The van der Waals surface area contributed by atoms with Crippen molar-refractivity contribution < 1.29 is 31.4 Å². The van der Waals surface area contributed by atoms with Crippen LogP contribution in [0.3, 0.4) is 0 Å². The molecule has 1 unspecified atom stereocenters. The minimum absolute atomic E-state index is 0.166. The minimum Gasteiger partial charge on any atom is -0.379 e. The van der Waals surface area contributed by atoms with Gasteiger partial charge in [0.1, 0.15) is 4.21 Å². The van der Waals surface area contributed by atoms with Gasteiger partial charge < -0.3 is 14.7 Å². The number of benzene rings is 1. The molecule has 2 fully saturated rings. The Kier molecular flexibility index (Phi) is 7.52. The zero-order chi connectivity index (χ0) is 25.4. The van der Waals surface area contributed by atoms with Crippen LogP contribution in [0.2, 0.25) is 0 Å². The van der Waals surface area contributed by atoms with E-state index in [-0.39, 0.29) is 30.7 Å². The molecule has 2 aliphatic rings. The predicted molar refractivity (Wildman–Crippen MR) is 128 cm³/mol. The van der Waals surface area contributed by atoms with Crippen molar-refractivity contribution >= 4 is 27.0 Å². The lowest BCUT2D eigenvalue weighted by Crippen LogP contribution is -2.60. The second-order valence-electron chi connectivity index (χ2n) is 9.18. The molecule has 1 N–H and O–H groups in total. The third-order valence-electron chi connectivity index (χ3n) is 6.80. The van der Waals surface area contributed by atoms with E-state index in [9.17, 15) is 26.7 Å². The molecule has 3 heterocycles. The van der Waals surface area contributed by atoms with E-state index in [2.05, 4.69) is 16.7 Å². The van der Waals surface area contributed by atoms with Gasteiger partial charge in [0.15, 0.2) is 5.60 Å². The highest BCUT2D eigenvalue weighted by Gasteiger charge is 2.51. The summed E-state index contributed by atoms with van der Waals surface area (Å²) in [6.45, 7) is 6.19. The fraction of sp³-hybridized carbons (Fsp3) is 0.565. The highest BCUT2D eigenvalue weighted by Crippen LogP contribution is 2.39. The lowest BCUT2D eigenvalue weighted by Gasteiger charge is -2.45. The number of piperazine rings is 1. The number of morpholine rings is 1. The zero-order valence-electron chi connectivity index (χ0n) is 19.6. The van der Waals surface area contributed by atoms with Crippen LogP contribution in [0.25, 0.3) is 0 Å². The summed E-state index contributed by atoms with van der Waals surface area (Å²) in [6, 6.07) is 8.95. The Bertz CT molecular complexity index is 1090. The van der Waals surface area contributed by atoms with Gasteiger partial charge in [0.25, 0.3) is 10.0 Å². The van der Waals surface area contributed by atoms with Crippen molar-refractivity contribution in [3.05, 3.63) is 47.3 Å². The molecule has 0 aliphatic carbocycles. The van der Waals surface area contributed by atoms with E-state index in [1.165, 1.54) is 27.8 Å². The highest BCUT2D eigenvalue weighted by atomic mass is 32.2. The Morgan fingerprint density at radius 2 is 1.86 bits per heavy atom. The van der Waals surface area contributed by atoms with Crippen molar-refractivity contribution in [3.8, 4) is 0 Å². The van der Waals surface area contributed by atoms with E-state index < -0.39 is 21.8 Å². The molecule has 4 rings (SSSR count). The van der Waals surface area contributed by atoms with Gasteiger partial charge in [0, 0.05) is 44.5 Å². The van der Waals surface area contributed by atoms with E-state index in [0.29, 0.717) is 36.2 Å². The van der Waals surface area contributed by atoms with E-state index in [1.807, 2.05) is 0 Å². The van der Waals surface area contributed by atoms with E-state index in [1.54, 1.807) is 29.6 Å². The van der Waals surface area contributed by atoms with Gasteiger partial charge in [-0.15, -0.1) is 11.3 Å². The van der Waals surface area contributed by atoms with Crippen LogP contribution < -0.4 is 4.90 Å². The summed E-state index contributed by atoms with van der Waals surface area (Å²) in [5, 5.41) is 11.7. The molecule has 12 heteroatoms. The van der Waals surface area contributed by atoms with Crippen molar-refractivity contribution in [3.63, 3.8) is 0 Å². The number of sulfonamides is 1. The first-order chi connectivity index (χ1) is 16.4. The number of alkyl halides is 3. The fourth-order valence-corrected chi connectivity index (χ4v) is 7.14. The number of halogens is 3. The van der Waals surface area contributed by atoms with Gasteiger partial charge in [-0.25, -0.2) is 8.42 Å². The molecule has 0 radical (unpaired) electrons. The molecular formula is C23H30F3N3O4S2. The molecular weight excluding hydrogens is 503 g/mol. The molecule has 1 aromatic heterocycles. The van der Waals surface area contributed by atoms with Crippen molar-refractivity contribution in [2.75, 3.05) is 50.8 Å². The largest absolute Gasteiger partial charge is 0.421 e. The standard InChI is InChI=1S/C23H30F3N3O4S2/c1-17-16-33-12-11-27(17)14-20-15-28(35(31,32)21-4-3-13-34-21)9-10-29(20)19-7-5-18(6-8-19)22(2,30)23(24,25)26/h3-8,13,17,20,30H,9-12,14-16H2,1-2H3/t17-,20-,22?/m0/s1. The third kappa shape index (κ3) is 5.37. The normalized spacial score (nSPS) is 24.9. The maximum atomic E-state index is 13.3. The molecule has 194 valence electrons. The average molecular weight is 534 g/mol. The van der Waals surface area contributed by atoms with Gasteiger partial charge in [-0.2, -0.15) is 17.5 Å². The maximum absolute atomic E-state index is 13.3. The van der Waals surface area contributed by atoms with Crippen molar-refractivity contribution in [1.29, 1.82) is 0 Å². The molecule has 2 saturated heterocycles. The van der Waals surface area contributed by atoms with Crippen LogP contribution in [0.5, 0.6) is 0 Å². The van der Waals surface area contributed by atoms with Crippen LogP contribution in [0.15, 0.2) is 46.0 Å².